The number of ether oxygens (including phenoxy) is 1. The highest BCUT2D eigenvalue weighted by Crippen LogP contribution is 2.11. The minimum Gasteiger partial charge on any atom is -0.478 e. The molecule has 1 fully saturated rings. The van der Waals surface area contributed by atoms with Gasteiger partial charge in [-0.15, -0.1) is 0 Å². The minimum absolute atomic E-state index is 0.668. The van der Waals surface area contributed by atoms with E-state index in [1.54, 1.807) is 0 Å². The van der Waals surface area contributed by atoms with Crippen LogP contribution in [0.25, 0.3) is 0 Å². The van der Waals surface area contributed by atoms with E-state index >= 15 is 0 Å². The van der Waals surface area contributed by atoms with Gasteiger partial charge >= 0.3 is 0 Å². The molecule has 82 valence electrons. The molecule has 0 atom stereocenters. The lowest BCUT2D eigenvalue weighted by Gasteiger charge is -2.13. The van der Waals surface area contributed by atoms with Gasteiger partial charge in [0, 0.05) is 38.6 Å². The number of hydrogen-bond acceptors (Lipinski definition) is 4. The van der Waals surface area contributed by atoms with Gasteiger partial charge in [-0.3, -0.25) is 4.90 Å². The van der Waals surface area contributed by atoms with Gasteiger partial charge in [0.05, 0.1) is 6.61 Å². The van der Waals surface area contributed by atoms with Gasteiger partial charge in [-0.05, 0) is 18.6 Å². The average molecular weight is 207 g/mol. The van der Waals surface area contributed by atoms with Crippen LogP contribution in [0.2, 0.25) is 0 Å². The monoisotopic (exact) mass is 207 g/mol. The van der Waals surface area contributed by atoms with Crippen molar-refractivity contribution in [2.75, 3.05) is 26.4 Å². The summed E-state index contributed by atoms with van der Waals surface area (Å²) >= 11 is 0. The van der Waals surface area contributed by atoms with Gasteiger partial charge in [-0.1, -0.05) is 0 Å². The van der Waals surface area contributed by atoms with Crippen LogP contribution in [0, 0.1) is 0 Å². The van der Waals surface area contributed by atoms with Gasteiger partial charge in [0.1, 0.15) is 0 Å². The predicted molar refractivity (Wildman–Crippen MR) is 58.7 cm³/mol. The zero-order valence-electron chi connectivity index (χ0n) is 9.07. The SMILES string of the molecule is CCOc1cc(CN2CCNC2)ccn1. The molecular weight excluding hydrogens is 190 g/mol. The van der Waals surface area contributed by atoms with Crippen molar-refractivity contribution < 1.29 is 4.74 Å². The largest absolute Gasteiger partial charge is 0.478 e. The zero-order valence-corrected chi connectivity index (χ0v) is 9.07. The summed E-state index contributed by atoms with van der Waals surface area (Å²) in [5.74, 6) is 0.724. The molecule has 1 N–H and O–H groups in total. The van der Waals surface area contributed by atoms with E-state index in [-0.39, 0.29) is 0 Å². The van der Waals surface area contributed by atoms with Crippen LogP contribution in [-0.2, 0) is 6.54 Å². The predicted octanol–water partition coefficient (Wildman–Crippen LogP) is 0.843. The summed E-state index contributed by atoms with van der Waals surface area (Å²) < 4.78 is 5.37. The summed E-state index contributed by atoms with van der Waals surface area (Å²) in [6, 6.07) is 4.06. The highest BCUT2D eigenvalue weighted by atomic mass is 16.5. The number of aromatic nitrogens is 1. The molecule has 4 nitrogen and oxygen atoms in total. The zero-order chi connectivity index (χ0) is 10.5. The molecule has 1 aliphatic rings. The molecule has 0 amide bonds. The number of rotatable bonds is 4. The van der Waals surface area contributed by atoms with Gasteiger partial charge in [0.15, 0.2) is 0 Å². The molecule has 0 radical (unpaired) electrons. The fourth-order valence-corrected chi connectivity index (χ4v) is 1.72. The summed E-state index contributed by atoms with van der Waals surface area (Å²) in [6.07, 6.45) is 1.81. The fraction of sp³-hybridized carbons (Fsp3) is 0.545. The van der Waals surface area contributed by atoms with Crippen molar-refractivity contribution in [2.45, 2.75) is 13.5 Å². The molecule has 2 heterocycles. The van der Waals surface area contributed by atoms with E-state index in [0.29, 0.717) is 6.61 Å². The van der Waals surface area contributed by atoms with Crippen LogP contribution in [0.15, 0.2) is 18.3 Å². The maximum Gasteiger partial charge on any atom is 0.213 e. The lowest BCUT2D eigenvalue weighted by atomic mass is 10.2. The molecule has 1 aliphatic heterocycles. The summed E-state index contributed by atoms with van der Waals surface area (Å²) in [5, 5.41) is 3.31. The standard InChI is InChI=1S/C11H17N3O/c1-2-15-11-7-10(3-4-13-11)8-14-6-5-12-9-14/h3-4,7,12H,2,5-6,8-9H2,1H3. The Morgan fingerprint density at radius 1 is 1.60 bits per heavy atom. The van der Waals surface area contributed by atoms with Crippen molar-refractivity contribution in [3.8, 4) is 5.88 Å². The molecule has 1 saturated heterocycles. The molecule has 0 saturated carbocycles. The quantitative estimate of drug-likeness (QED) is 0.794. The molecule has 0 spiro atoms. The summed E-state index contributed by atoms with van der Waals surface area (Å²) in [5.41, 5.74) is 1.26. The van der Waals surface area contributed by atoms with Gasteiger partial charge < -0.3 is 10.1 Å². The Balaban J connectivity index is 1.97. The normalized spacial score (nSPS) is 16.9. The van der Waals surface area contributed by atoms with Crippen LogP contribution in [-0.4, -0.2) is 36.2 Å². The molecule has 1 aromatic heterocycles. The second-order valence-electron chi connectivity index (χ2n) is 3.65. The van der Waals surface area contributed by atoms with Gasteiger partial charge in [0.25, 0.3) is 0 Å². The topological polar surface area (TPSA) is 37.4 Å². The second-order valence-corrected chi connectivity index (χ2v) is 3.65. The van der Waals surface area contributed by atoms with Crippen LogP contribution >= 0.6 is 0 Å². The number of nitrogens with zero attached hydrogens (tertiary/aromatic N) is 2. The third-order valence-corrected chi connectivity index (χ3v) is 2.44. The Morgan fingerprint density at radius 2 is 2.53 bits per heavy atom. The van der Waals surface area contributed by atoms with E-state index < -0.39 is 0 Å². The van der Waals surface area contributed by atoms with E-state index in [1.807, 2.05) is 25.3 Å². The second kappa shape index (κ2) is 5.09. The molecule has 15 heavy (non-hydrogen) atoms. The Bertz CT molecular complexity index is 310. The maximum atomic E-state index is 5.37. The highest BCUT2D eigenvalue weighted by molar-refractivity contribution is 5.20. The summed E-state index contributed by atoms with van der Waals surface area (Å²) in [6.45, 7) is 6.79. The van der Waals surface area contributed by atoms with Crippen molar-refractivity contribution in [3.05, 3.63) is 23.9 Å². The van der Waals surface area contributed by atoms with Crippen molar-refractivity contribution in [3.63, 3.8) is 0 Å². The lowest BCUT2D eigenvalue weighted by Crippen LogP contribution is -2.21. The van der Waals surface area contributed by atoms with E-state index in [1.165, 1.54) is 5.56 Å². The molecule has 4 heteroatoms. The van der Waals surface area contributed by atoms with E-state index in [2.05, 4.69) is 15.2 Å². The Kier molecular flexibility index (Phi) is 3.53. The third kappa shape index (κ3) is 2.91. The molecule has 2 rings (SSSR count). The van der Waals surface area contributed by atoms with Gasteiger partial charge in [-0.25, -0.2) is 4.98 Å². The molecule has 0 bridgehead atoms. The Hall–Kier alpha value is -1.13. The van der Waals surface area contributed by atoms with E-state index in [9.17, 15) is 0 Å². The van der Waals surface area contributed by atoms with Crippen molar-refractivity contribution in [1.29, 1.82) is 0 Å². The first-order valence-corrected chi connectivity index (χ1v) is 5.39. The number of hydrogen-bond donors (Lipinski definition) is 1. The number of nitrogens with one attached hydrogen (secondary N) is 1. The Morgan fingerprint density at radius 3 is 3.27 bits per heavy atom. The maximum absolute atomic E-state index is 5.37. The summed E-state index contributed by atoms with van der Waals surface area (Å²) in [4.78, 5) is 6.51. The Labute approximate surface area is 90.3 Å². The van der Waals surface area contributed by atoms with Crippen LogP contribution in [0.4, 0.5) is 0 Å². The van der Waals surface area contributed by atoms with Gasteiger partial charge in [0.2, 0.25) is 5.88 Å². The van der Waals surface area contributed by atoms with Crippen LogP contribution in [0.1, 0.15) is 12.5 Å². The van der Waals surface area contributed by atoms with Crippen LogP contribution < -0.4 is 10.1 Å². The first-order chi connectivity index (χ1) is 7.38. The molecule has 0 aromatic carbocycles. The molecule has 0 unspecified atom stereocenters. The van der Waals surface area contributed by atoms with Crippen LogP contribution in [0.3, 0.4) is 0 Å². The number of pyridine rings is 1. The van der Waals surface area contributed by atoms with Crippen molar-refractivity contribution in [1.82, 2.24) is 15.2 Å². The fourth-order valence-electron chi connectivity index (χ4n) is 1.72. The highest BCUT2D eigenvalue weighted by Gasteiger charge is 2.11. The molecule has 1 aromatic rings. The van der Waals surface area contributed by atoms with E-state index in [0.717, 1.165) is 32.2 Å². The first-order valence-electron chi connectivity index (χ1n) is 5.39. The lowest BCUT2D eigenvalue weighted by molar-refractivity contribution is 0.316. The first kappa shape index (κ1) is 10.4. The van der Waals surface area contributed by atoms with Crippen LogP contribution in [0.5, 0.6) is 5.88 Å². The van der Waals surface area contributed by atoms with Crippen molar-refractivity contribution >= 4 is 0 Å². The smallest absolute Gasteiger partial charge is 0.213 e. The summed E-state index contributed by atoms with van der Waals surface area (Å²) in [7, 11) is 0. The third-order valence-electron chi connectivity index (χ3n) is 2.44. The average Bonchev–Trinajstić information content (AvgIpc) is 2.71. The minimum atomic E-state index is 0.668. The molecular formula is C11H17N3O. The van der Waals surface area contributed by atoms with E-state index in [4.69, 9.17) is 4.74 Å². The van der Waals surface area contributed by atoms with Gasteiger partial charge in [-0.2, -0.15) is 0 Å². The van der Waals surface area contributed by atoms with Crippen molar-refractivity contribution in [2.24, 2.45) is 0 Å². The molecule has 0 aliphatic carbocycles.